The number of rotatable bonds is 24. The van der Waals surface area contributed by atoms with Crippen LogP contribution in [0.2, 0.25) is 0 Å². The normalized spacial score (nSPS) is 15.1. The van der Waals surface area contributed by atoms with Crippen molar-refractivity contribution in [1.82, 2.24) is 5.32 Å². The van der Waals surface area contributed by atoms with Crippen molar-refractivity contribution in [2.75, 3.05) is 19.8 Å². The van der Waals surface area contributed by atoms with E-state index in [1.807, 2.05) is 0 Å². The number of ether oxygens (including phenoxy) is 12. The van der Waals surface area contributed by atoms with Crippen molar-refractivity contribution < 1.29 is 114 Å². The number of hydrogen-bond donors (Lipinski definition) is 1. The quantitative estimate of drug-likeness (QED) is 0.101. The second-order valence-electron chi connectivity index (χ2n) is 14.5. The summed E-state index contributed by atoms with van der Waals surface area (Å²) in [4.78, 5) is 150. The third-order valence-electron chi connectivity index (χ3n) is 7.30. The van der Waals surface area contributed by atoms with E-state index < -0.39 is 152 Å². The van der Waals surface area contributed by atoms with Crippen LogP contribution in [0.5, 0.6) is 0 Å². The van der Waals surface area contributed by atoms with Gasteiger partial charge in [-0.25, -0.2) is 14.4 Å². The lowest BCUT2D eigenvalue weighted by Crippen LogP contribution is -2.56. The molecule has 0 aliphatic carbocycles. The summed E-state index contributed by atoms with van der Waals surface area (Å²) in [5, 5.41) is 2.28. The van der Waals surface area contributed by atoms with Gasteiger partial charge in [-0.3, -0.25) is 43.2 Å². The van der Waals surface area contributed by atoms with E-state index in [1.165, 1.54) is 27.7 Å². The Morgan fingerprint density at radius 3 is 1.05 bits per heavy atom. The fourth-order valence-electron chi connectivity index (χ4n) is 5.27. The van der Waals surface area contributed by atoms with Gasteiger partial charge >= 0.3 is 71.8 Å². The highest BCUT2D eigenvalue weighted by Crippen LogP contribution is 2.24. The SMILES string of the molecule is CC[C@@H](OC(C)=O)[C@@H](OC(C)=O)[C@H](OC(C)=O)[C@@H](OC(C)=O)C(=O)OCC(COC(=O)[C@H](OC(C)=O)[C@@H](OC(C)=O)[C@H](OC(C)=O)[C@@H](COC(C)=O)OC(C)=O)NC(=O)OC(C)(C)C. The molecule has 0 spiro atoms. The summed E-state index contributed by atoms with van der Waals surface area (Å²) in [6.45, 7) is 11.3. The molecule has 0 aromatic rings. The van der Waals surface area contributed by atoms with Crippen LogP contribution in [0.1, 0.15) is 96.4 Å². The molecule has 1 amide bonds. The van der Waals surface area contributed by atoms with Crippen LogP contribution >= 0.6 is 0 Å². The fourth-order valence-corrected chi connectivity index (χ4v) is 5.27. The van der Waals surface area contributed by atoms with E-state index in [4.69, 9.17) is 56.8 Å². The summed E-state index contributed by atoms with van der Waals surface area (Å²) in [6.07, 6.45) is -17.1. The summed E-state index contributed by atoms with van der Waals surface area (Å²) >= 11 is 0. The fraction of sp³-hybridized carbons (Fsp3) is 0.692. The van der Waals surface area contributed by atoms with Crippen molar-refractivity contribution in [2.45, 2.75) is 157 Å². The average molecular weight is 924 g/mol. The van der Waals surface area contributed by atoms with Crippen molar-refractivity contribution in [3.8, 4) is 0 Å². The predicted molar refractivity (Wildman–Crippen MR) is 206 cm³/mol. The van der Waals surface area contributed by atoms with E-state index in [1.54, 1.807) is 0 Å². The largest absolute Gasteiger partial charge is 0.462 e. The minimum atomic E-state index is -2.37. The van der Waals surface area contributed by atoms with Gasteiger partial charge in [-0.1, -0.05) is 6.92 Å². The lowest BCUT2D eigenvalue weighted by molar-refractivity contribution is -0.208. The first-order valence-electron chi connectivity index (χ1n) is 19.3. The topological polar surface area (TPSA) is 328 Å². The number of carbonyl (C=O) groups is 12. The third kappa shape index (κ3) is 23.6. The van der Waals surface area contributed by atoms with Crippen molar-refractivity contribution in [2.24, 2.45) is 0 Å². The van der Waals surface area contributed by atoms with Gasteiger partial charge in [-0.05, 0) is 27.2 Å². The van der Waals surface area contributed by atoms with Crippen LogP contribution in [0.25, 0.3) is 0 Å². The van der Waals surface area contributed by atoms with Gasteiger partial charge in [-0.15, -0.1) is 0 Å². The number of alkyl carbamates (subject to hydrolysis) is 1. The number of amides is 1. The van der Waals surface area contributed by atoms with Gasteiger partial charge in [0, 0.05) is 62.3 Å². The first kappa shape index (κ1) is 57.4. The number of hydrogen-bond acceptors (Lipinski definition) is 24. The summed E-state index contributed by atoms with van der Waals surface area (Å²) in [5.41, 5.74) is -1.13. The second-order valence-corrected chi connectivity index (χ2v) is 14.5. The summed E-state index contributed by atoms with van der Waals surface area (Å²) in [5.74, 6) is -12.6. The van der Waals surface area contributed by atoms with Gasteiger partial charge in [0.2, 0.25) is 12.2 Å². The van der Waals surface area contributed by atoms with E-state index in [2.05, 4.69) is 5.32 Å². The molecule has 0 radical (unpaired) electrons. The molecule has 0 aliphatic heterocycles. The van der Waals surface area contributed by atoms with Gasteiger partial charge in [0.1, 0.15) is 37.6 Å². The lowest BCUT2D eigenvalue weighted by atomic mass is 10.00. The Morgan fingerprint density at radius 1 is 0.406 bits per heavy atom. The Labute approximate surface area is 367 Å². The predicted octanol–water partition coefficient (Wildman–Crippen LogP) is 0.393. The molecule has 0 aliphatic rings. The van der Waals surface area contributed by atoms with Crippen LogP contribution in [0.3, 0.4) is 0 Å². The van der Waals surface area contributed by atoms with Gasteiger partial charge in [0.05, 0.1) is 0 Å². The van der Waals surface area contributed by atoms with E-state index in [9.17, 15) is 57.5 Å². The highest BCUT2D eigenvalue weighted by molar-refractivity contribution is 5.81. The first-order chi connectivity index (χ1) is 29.5. The monoisotopic (exact) mass is 923 g/mol. The van der Waals surface area contributed by atoms with Crippen LogP contribution in [-0.4, -0.2) is 152 Å². The molecule has 0 aromatic carbocycles. The zero-order chi connectivity index (χ0) is 49.6. The second kappa shape index (κ2) is 27.5. The summed E-state index contributed by atoms with van der Waals surface area (Å²) in [7, 11) is 0. The smallest absolute Gasteiger partial charge is 0.408 e. The molecule has 64 heavy (non-hydrogen) atoms. The summed E-state index contributed by atoms with van der Waals surface area (Å²) in [6, 6.07) is -1.63. The maximum Gasteiger partial charge on any atom is 0.408 e. The van der Waals surface area contributed by atoms with Gasteiger partial charge in [0.25, 0.3) is 0 Å². The molecule has 0 saturated heterocycles. The van der Waals surface area contributed by atoms with Crippen molar-refractivity contribution in [3.63, 3.8) is 0 Å². The van der Waals surface area contributed by atoms with Gasteiger partial charge < -0.3 is 62.2 Å². The van der Waals surface area contributed by atoms with Gasteiger partial charge in [0.15, 0.2) is 30.5 Å². The molecule has 0 aromatic heterocycles. The molecule has 0 heterocycles. The average Bonchev–Trinajstić information content (AvgIpc) is 3.12. The zero-order valence-electron chi connectivity index (χ0n) is 37.8. The Kier molecular flexibility index (Phi) is 24.7. The van der Waals surface area contributed by atoms with E-state index in [-0.39, 0.29) is 6.42 Å². The van der Waals surface area contributed by atoms with Crippen LogP contribution in [0, 0.1) is 0 Å². The number of nitrogens with one attached hydrogen (secondary N) is 1. The minimum Gasteiger partial charge on any atom is -0.462 e. The Morgan fingerprint density at radius 2 is 0.734 bits per heavy atom. The van der Waals surface area contributed by atoms with Crippen molar-refractivity contribution in [1.29, 1.82) is 0 Å². The zero-order valence-corrected chi connectivity index (χ0v) is 37.8. The minimum absolute atomic E-state index is 0.0880. The molecule has 0 bridgehead atoms. The molecule has 0 saturated carbocycles. The van der Waals surface area contributed by atoms with Crippen molar-refractivity contribution >= 4 is 71.8 Å². The molecule has 0 fully saturated rings. The molecule has 25 nitrogen and oxygen atoms in total. The molecule has 0 rings (SSSR count). The molecule has 9 atom stereocenters. The molecule has 362 valence electrons. The van der Waals surface area contributed by atoms with Crippen molar-refractivity contribution in [3.05, 3.63) is 0 Å². The lowest BCUT2D eigenvalue weighted by Gasteiger charge is -2.34. The Balaban J connectivity index is 7.26. The summed E-state index contributed by atoms with van der Waals surface area (Å²) < 4.78 is 62.6. The van der Waals surface area contributed by atoms with E-state index in [0.29, 0.717) is 0 Å². The van der Waals surface area contributed by atoms with E-state index >= 15 is 0 Å². The van der Waals surface area contributed by atoms with Gasteiger partial charge in [-0.2, -0.15) is 0 Å². The van der Waals surface area contributed by atoms with E-state index in [0.717, 1.165) is 62.3 Å². The highest BCUT2D eigenvalue weighted by Gasteiger charge is 2.49. The molecule has 1 N–H and O–H groups in total. The third-order valence-corrected chi connectivity index (χ3v) is 7.30. The number of carbonyl (C=O) groups excluding carboxylic acids is 12. The highest BCUT2D eigenvalue weighted by atomic mass is 16.7. The molecular formula is C39H57NO24. The molecule has 25 heteroatoms. The molecule has 1 unspecified atom stereocenters. The van der Waals surface area contributed by atoms with Crippen LogP contribution in [-0.2, 0) is 110 Å². The van der Waals surface area contributed by atoms with Crippen LogP contribution in [0.15, 0.2) is 0 Å². The first-order valence-corrected chi connectivity index (χ1v) is 19.3. The maximum atomic E-state index is 13.9. The number of esters is 11. The van der Waals surface area contributed by atoms with Crippen LogP contribution < -0.4 is 5.32 Å². The Hall–Kier alpha value is -6.56. The van der Waals surface area contributed by atoms with Crippen LogP contribution in [0.4, 0.5) is 4.79 Å². The maximum absolute atomic E-state index is 13.9. The molecular weight excluding hydrogens is 866 g/mol. The standard InChI is InChI=1S/C39H57NO24/c1-14-28(56-19(3)42)30(58-21(5)44)32(60-23(7)46)34(62-25(9)48)36(50)54-15-27(40-38(52)64-39(11,12)13)16-55-37(51)35(63-26(10)49)33(61-24(8)47)31(59-22(6)45)29(57-20(4)43)17-53-18(2)41/h27-35H,14-17H2,1-13H3,(H,40,52)/t27?,28-,29-,30-,31-,32+,33+,34-,35-/m1/s1. The Bertz CT molecular complexity index is 1700.